The van der Waals surface area contributed by atoms with Gasteiger partial charge in [0.05, 0.1) is 39.9 Å². The van der Waals surface area contributed by atoms with Gasteiger partial charge in [-0.15, -0.1) is 0 Å². The number of rotatable bonds is 36. The molecule has 0 aromatic heterocycles. The molecule has 0 aromatic carbocycles. The summed E-state index contributed by atoms with van der Waals surface area (Å²) in [6.45, 7) is 4.66. The van der Waals surface area contributed by atoms with Gasteiger partial charge in [0, 0.05) is 6.42 Å². The Morgan fingerprint density at radius 2 is 1.02 bits per heavy atom. The fourth-order valence-electron chi connectivity index (χ4n) is 5.85. The van der Waals surface area contributed by atoms with Gasteiger partial charge in [-0.2, -0.15) is 0 Å². The third kappa shape index (κ3) is 33.8. The highest BCUT2D eigenvalue weighted by molar-refractivity contribution is 7.47. The minimum Gasteiger partial charge on any atom is -0.391 e. The zero-order valence-electron chi connectivity index (χ0n) is 31.8. The Labute approximate surface area is 291 Å². The van der Waals surface area contributed by atoms with Crippen LogP contribution in [0.25, 0.3) is 0 Å². The zero-order valence-corrected chi connectivity index (χ0v) is 32.7. The molecule has 0 aromatic rings. The van der Waals surface area contributed by atoms with Crippen LogP contribution in [0.4, 0.5) is 0 Å². The van der Waals surface area contributed by atoms with Gasteiger partial charge in [-0.05, 0) is 12.8 Å². The van der Waals surface area contributed by atoms with Gasteiger partial charge in [0.25, 0.3) is 0 Å². The molecule has 8 nitrogen and oxygen atoms in total. The van der Waals surface area contributed by atoms with Crippen LogP contribution in [0.15, 0.2) is 0 Å². The van der Waals surface area contributed by atoms with E-state index in [1.165, 1.54) is 128 Å². The van der Waals surface area contributed by atoms with E-state index in [0.717, 1.165) is 32.1 Å². The first-order valence-electron chi connectivity index (χ1n) is 19.9. The molecule has 0 aliphatic carbocycles. The van der Waals surface area contributed by atoms with E-state index in [2.05, 4.69) is 12.2 Å². The standard InChI is InChI=1S/C38H79N2O6P/c1-6-8-10-11-12-13-14-15-16-17-18-19-20-21-22-23-24-25-26-27-28-29-30-31-37(41)36(39-38(42)32-9-7-2)35-46-47(43,44)45-34-33-40(3,4)5/h36-37,41H,6-35H2,1-5H3,(H-,39,42,43,44)/p+1. The van der Waals surface area contributed by atoms with Crippen LogP contribution in [0.5, 0.6) is 0 Å². The van der Waals surface area contributed by atoms with Crippen molar-refractivity contribution >= 4 is 13.7 Å². The van der Waals surface area contributed by atoms with Gasteiger partial charge in [0.1, 0.15) is 13.2 Å². The fourth-order valence-corrected chi connectivity index (χ4v) is 6.58. The SMILES string of the molecule is CCCCCCCCCCCCCCCCCCCCCCCCCC(O)C(COP(=O)(O)OCC[N+](C)(C)C)NC(=O)CCCC. The molecule has 3 atom stereocenters. The van der Waals surface area contributed by atoms with E-state index in [9.17, 15) is 19.4 Å². The summed E-state index contributed by atoms with van der Waals surface area (Å²) >= 11 is 0. The molecule has 0 radical (unpaired) electrons. The number of nitrogens with zero attached hydrogens (tertiary/aromatic N) is 1. The maximum Gasteiger partial charge on any atom is 0.472 e. The zero-order chi connectivity index (χ0) is 35.1. The van der Waals surface area contributed by atoms with Crippen molar-refractivity contribution in [3.8, 4) is 0 Å². The first kappa shape index (κ1) is 46.5. The van der Waals surface area contributed by atoms with Gasteiger partial charge >= 0.3 is 7.82 Å². The van der Waals surface area contributed by atoms with Crippen molar-refractivity contribution in [2.75, 3.05) is 40.9 Å². The molecule has 47 heavy (non-hydrogen) atoms. The van der Waals surface area contributed by atoms with Crippen molar-refractivity contribution in [2.24, 2.45) is 0 Å². The number of unbranched alkanes of at least 4 members (excludes halogenated alkanes) is 23. The molecule has 0 fully saturated rings. The highest BCUT2D eigenvalue weighted by Crippen LogP contribution is 2.43. The lowest BCUT2D eigenvalue weighted by Gasteiger charge is -2.26. The second-order valence-electron chi connectivity index (χ2n) is 15.0. The summed E-state index contributed by atoms with van der Waals surface area (Å²) in [5, 5.41) is 13.6. The molecule has 0 saturated heterocycles. The highest BCUT2D eigenvalue weighted by atomic mass is 31.2. The van der Waals surface area contributed by atoms with Gasteiger partial charge < -0.3 is 19.8 Å². The number of aliphatic hydroxyl groups excluding tert-OH is 1. The second kappa shape index (κ2) is 31.5. The van der Waals surface area contributed by atoms with E-state index in [4.69, 9.17) is 9.05 Å². The van der Waals surface area contributed by atoms with E-state index >= 15 is 0 Å². The molecule has 3 N–H and O–H groups in total. The summed E-state index contributed by atoms with van der Waals surface area (Å²) in [7, 11) is 1.62. The first-order valence-corrected chi connectivity index (χ1v) is 21.4. The number of phosphoric acid groups is 1. The number of hydrogen-bond acceptors (Lipinski definition) is 5. The van der Waals surface area contributed by atoms with Gasteiger partial charge in [-0.25, -0.2) is 4.57 Å². The number of phosphoric ester groups is 1. The molecule has 0 spiro atoms. The molecular weight excluding hydrogens is 611 g/mol. The number of carbonyl (C=O) groups is 1. The van der Waals surface area contributed by atoms with Crippen LogP contribution in [0, 0.1) is 0 Å². The second-order valence-corrected chi connectivity index (χ2v) is 16.5. The molecule has 9 heteroatoms. The van der Waals surface area contributed by atoms with E-state index in [0.29, 0.717) is 23.9 Å². The van der Waals surface area contributed by atoms with Crippen LogP contribution in [0.3, 0.4) is 0 Å². The highest BCUT2D eigenvalue weighted by Gasteiger charge is 2.28. The largest absolute Gasteiger partial charge is 0.472 e. The molecule has 0 bridgehead atoms. The molecule has 0 heterocycles. The number of nitrogens with one attached hydrogen (secondary N) is 1. The van der Waals surface area contributed by atoms with Gasteiger partial charge in [-0.1, -0.05) is 168 Å². The Morgan fingerprint density at radius 3 is 1.40 bits per heavy atom. The van der Waals surface area contributed by atoms with E-state index in [1.54, 1.807) is 0 Å². The van der Waals surface area contributed by atoms with Crippen molar-refractivity contribution in [3.05, 3.63) is 0 Å². The third-order valence-electron chi connectivity index (χ3n) is 9.11. The van der Waals surface area contributed by atoms with Crippen molar-refractivity contribution in [2.45, 2.75) is 199 Å². The Kier molecular flexibility index (Phi) is 31.1. The van der Waals surface area contributed by atoms with Crippen LogP contribution < -0.4 is 5.32 Å². The minimum absolute atomic E-state index is 0.0763. The quantitative estimate of drug-likeness (QED) is 0.0343. The summed E-state index contributed by atoms with van der Waals surface area (Å²) in [6.07, 6.45) is 32.5. The number of likely N-dealkylation sites (N-methyl/N-ethyl adjacent to an activating group) is 1. The van der Waals surface area contributed by atoms with Crippen molar-refractivity contribution in [1.82, 2.24) is 5.32 Å². The monoisotopic (exact) mass is 692 g/mol. The van der Waals surface area contributed by atoms with E-state index < -0.39 is 20.0 Å². The van der Waals surface area contributed by atoms with Crippen molar-refractivity contribution < 1.29 is 32.9 Å². The number of quaternary nitrogens is 1. The predicted octanol–water partition coefficient (Wildman–Crippen LogP) is 10.2. The van der Waals surface area contributed by atoms with Gasteiger partial charge in [0.2, 0.25) is 5.91 Å². The Bertz CT molecular complexity index is 748. The van der Waals surface area contributed by atoms with Crippen LogP contribution >= 0.6 is 7.82 Å². The summed E-state index contributed by atoms with van der Waals surface area (Å²) in [5.74, 6) is -0.178. The summed E-state index contributed by atoms with van der Waals surface area (Å²) in [5.41, 5.74) is 0. The predicted molar refractivity (Wildman–Crippen MR) is 199 cm³/mol. The molecule has 0 aliphatic rings. The molecule has 282 valence electrons. The lowest BCUT2D eigenvalue weighted by Crippen LogP contribution is -2.46. The Balaban J connectivity index is 3.89. The lowest BCUT2D eigenvalue weighted by molar-refractivity contribution is -0.870. The number of hydrogen-bond donors (Lipinski definition) is 3. The summed E-state index contributed by atoms with van der Waals surface area (Å²) < 4.78 is 23.2. The van der Waals surface area contributed by atoms with Crippen LogP contribution in [-0.4, -0.2) is 73.4 Å². The van der Waals surface area contributed by atoms with Crippen LogP contribution in [0.2, 0.25) is 0 Å². The fraction of sp³-hybridized carbons (Fsp3) is 0.974. The lowest BCUT2D eigenvalue weighted by atomic mass is 10.0. The number of carbonyl (C=O) groups excluding carboxylic acids is 1. The topological polar surface area (TPSA) is 105 Å². The van der Waals surface area contributed by atoms with Gasteiger partial charge in [0.15, 0.2) is 0 Å². The summed E-state index contributed by atoms with van der Waals surface area (Å²) in [6, 6.07) is -0.749. The average Bonchev–Trinajstić information content (AvgIpc) is 3.01. The average molecular weight is 692 g/mol. The maximum absolute atomic E-state index is 12.4. The Hall–Kier alpha value is -0.500. The molecule has 3 unspecified atom stereocenters. The minimum atomic E-state index is -4.28. The van der Waals surface area contributed by atoms with Crippen molar-refractivity contribution in [1.29, 1.82) is 0 Å². The van der Waals surface area contributed by atoms with Crippen LogP contribution in [-0.2, 0) is 18.4 Å². The normalized spacial score (nSPS) is 14.6. The molecular formula is C38H80N2O6P+. The van der Waals surface area contributed by atoms with E-state index in [-0.39, 0.29) is 19.1 Å². The van der Waals surface area contributed by atoms with Crippen molar-refractivity contribution in [3.63, 3.8) is 0 Å². The maximum atomic E-state index is 12.4. The first-order chi connectivity index (χ1) is 22.5. The smallest absolute Gasteiger partial charge is 0.391 e. The van der Waals surface area contributed by atoms with E-state index in [1.807, 2.05) is 28.1 Å². The Morgan fingerprint density at radius 1 is 0.638 bits per heavy atom. The molecule has 0 saturated carbocycles. The van der Waals surface area contributed by atoms with Gasteiger partial charge in [-0.3, -0.25) is 13.8 Å². The number of aliphatic hydroxyl groups is 1. The number of amides is 1. The van der Waals surface area contributed by atoms with Crippen LogP contribution in [0.1, 0.15) is 187 Å². The molecule has 1 amide bonds. The third-order valence-corrected chi connectivity index (χ3v) is 10.1. The molecule has 0 rings (SSSR count). The summed E-state index contributed by atoms with van der Waals surface area (Å²) in [4.78, 5) is 22.5. The molecule has 0 aliphatic heterocycles.